The van der Waals surface area contributed by atoms with E-state index in [9.17, 15) is 4.79 Å². The molecule has 2 aliphatic heterocycles. The maximum Gasteiger partial charge on any atom is 0.315 e. The van der Waals surface area contributed by atoms with Gasteiger partial charge in [-0.3, -0.25) is 0 Å². The molecule has 0 unspecified atom stereocenters. The first-order chi connectivity index (χ1) is 12.2. The van der Waals surface area contributed by atoms with E-state index in [-0.39, 0.29) is 18.2 Å². The van der Waals surface area contributed by atoms with Crippen LogP contribution in [-0.2, 0) is 11.2 Å². The van der Waals surface area contributed by atoms with Gasteiger partial charge in [-0.05, 0) is 50.6 Å². The Balaban J connectivity index is 1.30. The first-order valence-electron chi connectivity index (χ1n) is 9.63. The number of ether oxygens (including phenoxy) is 1. The fourth-order valence-electron chi connectivity index (χ4n) is 3.80. The molecule has 2 amide bonds. The van der Waals surface area contributed by atoms with Crippen LogP contribution < -0.4 is 10.6 Å². The van der Waals surface area contributed by atoms with E-state index in [0.29, 0.717) is 5.92 Å². The van der Waals surface area contributed by atoms with Gasteiger partial charge < -0.3 is 20.3 Å². The van der Waals surface area contributed by atoms with Crippen LogP contribution in [0.2, 0.25) is 0 Å². The van der Waals surface area contributed by atoms with Gasteiger partial charge in [-0.15, -0.1) is 0 Å². The highest BCUT2D eigenvalue weighted by Gasteiger charge is 2.25. The molecule has 5 nitrogen and oxygen atoms in total. The van der Waals surface area contributed by atoms with Crippen molar-refractivity contribution in [1.82, 2.24) is 15.5 Å². The molecule has 1 aromatic rings. The van der Waals surface area contributed by atoms with Crippen LogP contribution >= 0.6 is 0 Å². The van der Waals surface area contributed by atoms with Crippen molar-refractivity contribution in [3.05, 3.63) is 35.9 Å². The van der Waals surface area contributed by atoms with E-state index < -0.39 is 0 Å². The maximum atomic E-state index is 12.1. The normalized spacial score (nSPS) is 25.0. The molecule has 2 N–H and O–H groups in total. The lowest BCUT2D eigenvalue weighted by atomic mass is 10.1. The Morgan fingerprint density at radius 3 is 2.92 bits per heavy atom. The third kappa shape index (κ3) is 5.72. The van der Waals surface area contributed by atoms with Gasteiger partial charge in [-0.1, -0.05) is 30.3 Å². The Labute approximate surface area is 151 Å². The molecule has 2 fully saturated rings. The molecule has 0 bridgehead atoms. The monoisotopic (exact) mass is 345 g/mol. The average Bonchev–Trinajstić information content (AvgIpc) is 3.31. The van der Waals surface area contributed by atoms with Crippen LogP contribution in [0.3, 0.4) is 0 Å². The Morgan fingerprint density at radius 2 is 2.16 bits per heavy atom. The van der Waals surface area contributed by atoms with E-state index in [1.807, 2.05) is 6.92 Å². The van der Waals surface area contributed by atoms with E-state index in [1.54, 1.807) is 0 Å². The maximum absolute atomic E-state index is 12.1. The van der Waals surface area contributed by atoms with Gasteiger partial charge in [0.15, 0.2) is 0 Å². The number of urea groups is 1. The SMILES string of the molecule is C[C@H](NC(=O)NC[C@@H]1CCN(CCc2ccccc2)C1)[C@@H]1CCCO1. The van der Waals surface area contributed by atoms with Crippen LogP contribution in [0.25, 0.3) is 0 Å². The number of carbonyl (C=O) groups is 1. The average molecular weight is 345 g/mol. The summed E-state index contributed by atoms with van der Waals surface area (Å²) in [7, 11) is 0. The van der Waals surface area contributed by atoms with Crippen molar-refractivity contribution in [2.75, 3.05) is 32.8 Å². The van der Waals surface area contributed by atoms with Gasteiger partial charge in [0.1, 0.15) is 0 Å². The summed E-state index contributed by atoms with van der Waals surface area (Å²) in [4.78, 5) is 14.6. The fourth-order valence-corrected chi connectivity index (χ4v) is 3.80. The molecule has 138 valence electrons. The van der Waals surface area contributed by atoms with Crippen LogP contribution in [0, 0.1) is 5.92 Å². The second-order valence-electron chi connectivity index (χ2n) is 7.39. The number of benzene rings is 1. The lowest BCUT2D eigenvalue weighted by molar-refractivity contribution is 0.0860. The predicted octanol–water partition coefficient (Wildman–Crippen LogP) is 2.42. The lowest BCUT2D eigenvalue weighted by Crippen LogP contribution is -2.47. The number of nitrogens with zero attached hydrogens (tertiary/aromatic N) is 1. The van der Waals surface area contributed by atoms with Gasteiger partial charge in [0.25, 0.3) is 0 Å². The third-order valence-corrected chi connectivity index (χ3v) is 5.36. The van der Waals surface area contributed by atoms with Crippen molar-refractivity contribution in [1.29, 1.82) is 0 Å². The molecule has 0 radical (unpaired) electrons. The third-order valence-electron chi connectivity index (χ3n) is 5.36. The fraction of sp³-hybridized carbons (Fsp3) is 0.650. The van der Waals surface area contributed by atoms with E-state index >= 15 is 0 Å². The van der Waals surface area contributed by atoms with Crippen LogP contribution in [0.5, 0.6) is 0 Å². The minimum absolute atomic E-state index is 0.0641. The number of carbonyl (C=O) groups excluding carboxylic acids is 1. The summed E-state index contributed by atoms with van der Waals surface area (Å²) in [5, 5.41) is 6.06. The Hall–Kier alpha value is -1.59. The van der Waals surface area contributed by atoms with E-state index in [0.717, 1.165) is 58.5 Å². The molecule has 0 aromatic heterocycles. The minimum Gasteiger partial charge on any atom is -0.376 e. The van der Waals surface area contributed by atoms with Gasteiger partial charge in [-0.2, -0.15) is 0 Å². The summed E-state index contributed by atoms with van der Waals surface area (Å²) in [6.45, 7) is 6.91. The lowest BCUT2D eigenvalue weighted by Gasteiger charge is -2.21. The molecule has 1 aromatic carbocycles. The molecule has 2 aliphatic rings. The van der Waals surface area contributed by atoms with Gasteiger partial charge in [0.2, 0.25) is 0 Å². The molecule has 2 heterocycles. The second-order valence-corrected chi connectivity index (χ2v) is 7.39. The molecule has 3 rings (SSSR count). The Morgan fingerprint density at radius 1 is 1.32 bits per heavy atom. The number of likely N-dealkylation sites (tertiary alicyclic amines) is 1. The molecular formula is C20H31N3O2. The van der Waals surface area contributed by atoms with Crippen molar-refractivity contribution in [3.63, 3.8) is 0 Å². The van der Waals surface area contributed by atoms with Gasteiger partial charge in [0.05, 0.1) is 12.1 Å². The summed E-state index contributed by atoms with van der Waals surface area (Å²) in [6, 6.07) is 10.7. The molecule has 0 spiro atoms. The quantitative estimate of drug-likeness (QED) is 0.798. The van der Waals surface area contributed by atoms with Crippen LogP contribution in [-0.4, -0.2) is 55.9 Å². The van der Waals surface area contributed by atoms with Crippen LogP contribution in [0.4, 0.5) is 4.79 Å². The molecule has 3 atom stereocenters. The summed E-state index contributed by atoms with van der Waals surface area (Å²) < 4.78 is 5.62. The summed E-state index contributed by atoms with van der Waals surface area (Å²) in [5.74, 6) is 0.555. The van der Waals surface area contributed by atoms with Crippen molar-refractivity contribution >= 4 is 6.03 Å². The highest BCUT2D eigenvalue weighted by molar-refractivity contribution is 5.74. The molecule has 0 saturated carbocycles. The van der Waals surface area contributed by atoms with Crippen molar-refractivity contribution in [3.8, 4) is 0 Å². The Kier molecular flexibility index (Phi) is 6.70. The van der Waals surface area contributed by atoms with Crippen molar-refractivity contribution < 1.29 is 9.53 Å². The van der Waals surface area contributed by atoms with Crippen molar-refractivity contribution in [2.24, 2.45) is 5.92 Å². The zero-order valence-corrected chi connectivity index (χ0v) is 15.2. The molecule has 2 saturated heterocycles. The van der Waals surface area contributed by atoms with Gasteiger partial charge in [-0.25, -0.2) is 4.79 Å². The minimum atomic E-state index is -0.0641. The first kappa shape index (κ1) is 18.2. The number of amides is 2. The molecular weight excluding hydrogens is 314 g/mol. The largest absolute Gasteiger partial charge is 0.376 e. The standard InChI is InChI=1S/C20H31N3O2/c1-16(19-8-5-13-25-19)22-20(24)21-14-18-10-12-23(15-18)11-9-17-6-3-2-4-7-17/h2-4,6-7,16,18-19H,5,8-15H2,1H3,(H2,21,22,24)/t16-,18-,19-/m0/s1. The number of rotatable bonds is 7. The number of hydrogen-bond donors (Lipinski definition) is 2. The van der Waals surface area contributed by atoms with Crippen LogP contribution in [0.1, 0.15) is 31.7 Å². The van der Waals surface area contributed by atoms with E-state index in [2.05, 4.69) is 45.9 Å². The highest BCUT2D eigenvalue weighted by atomic mass is 16.5. The van der Waals surface area contributed by atoms with E-state index in [1.165, 1.54) is 5.56 Å². The van der Waals surface area contributed by atoms with Crippen LogP contribution in [0.15, 0.2) is 30.3 Å². The summed E-state index contributed by atoms with van der Waals surface area (Å²) in [6.07, 6.45) is 4.57. The smallest absolute Gasteiger partial charge is 0.315 e. The zero-order valence-electron chi connectivity index (χ0n) is 15.2. The summed E-state index contributed by atoms with van der Waals surface area (Å²) >= 11 is 0. The van der Waals surface area contributed by atoms with E-state index in [4.69, 9.17) is 4.74 Å². The zero-order chi connectivity index (χ0) is 17.5. The number of hydrogen-bond acceptors (Lipinski definition) is 3. The molecule has 25 heavy (non-hydrogen) atoms. The van der Waals surface area contributed by atoms with Crippen molar-refractivity contribution in [2.45, 2.75) is 44.8 Å². The molecule has 0 aliphatic carbocycles. The summed E-state index contributed by atoms with van der Waals surface area (Å²) in [5.41, 5.74) is 1.39. The Bertz CT molecular complexity index is 531. The predicted molar refractivity (Wildman–Crippen MR) is 99.7 cm³/mol. The highest BCUT2D eigenvalue weighted by Crippen LogP contribution is 2.17. The first-order valence-corrected chi connectivity index (χ1v) is 9.63. The number of nitrogens with one attached hydrogen (secondary N) is 2. The second kappa shape index (κ2) is 9.20. The topological polar surface area (TPSA) is 53.6 Å². The molecule has 5 heteroatoms. The van der Waals surface area contributed by atoms with Gasteiger partial charge in [0, 0.05) is 26.2 Å². The van der Waals surface area contributed by atoms with Gasteiger partial charge >= 0.3 is 6.03 Å².